The van der Waals surface area contributed by atoms with Crippen molar-refractivity contribution in [2.45, 2.75) is 23.6 Å². The van der Waals surface area contributed by atoms with Crippen molar-refractivity contribution in [2.75, 3.05) is 0 Å². The van der Waals surface area contributed by atoms with Crippen LogP contribution in [-0.4, -0.2) is 16.0 Å². The van der Waals surface area contributed by atoms with Crippen molar-refractivity contribution in [2.24, 2.45) is 0 Å². The molecule has 3 nitrogen and oxygen atoms in total. The summed E-state index contributed by atoms with van der Waals surface area (Å²) in [6.07, 6.45) is 0. The Bertz CT molecular complexity index is 724. The summed E-state index contributed by atoms with van der Waals surface area (Å²) in [4.78, 5) is 36.8. The molecule has 0 saturated heterocycles. The van der Waals surface area contributed by atoms with E-state index < -0.39 is 0 Å². The van der Waals surface area contributed by atoms with E-state index in [0.717, 1.165) is 23.5 Å². The van der Waals surface area contributed by atoms with Crippen molar-refractivity contribution in [3.8, 4) is 0 Å². The summed E-state index contributed by atoms with van der Waals surface area (Å²) < 4.78 is 0. The topological polar surface area (TPSA) is 51.2 Å². The SMILES string of the molecule is CC(=O)Sc1cccc(C(=O)c2ccccc2)c1SC(C)=O. The number of hydrogen-bond acceptors (Lipinski definition) is 5. The average molecular weight is 330 g/mol. The second-order valence-electron chi connectivity index (χ2n) is 4.52. The molecule has 0 aromatic heterocycles. The number of hydrogen-bond donors (Lipinski definition) is 0. The van der Waals surface area contributed by atoms with Crippen LogP contribution in [0.2, 0.25) is 0 Å². The largest absolute Gasteiger partial charge is 0.289 e. The zero-order valence-electron chi connectivity index (χ0n) is 12.2. The lowest BCUT2D eigenvalue weighted by molar-refractivity contribution is -0.110. The lowest BCUT2D eigenvalue weighted by atomic mass is 10.0. The standard InChI is InChI=1S/C17H14O3S2/c1-11(18)21-15-10-6-9-14(17(15)22-12(2)19)16(20)13-7-4-3-5-8-13/h3-10H,1-2H3. The fourth-order valence-corrected chi connectivity index (χ4v) is 3.56. The fourth-order valence-electron chi connectivity index (χ4n) is 1.92. The summed E-state index contributed by atoms with van der Waals surface area (Å²) in [5.74, 6) is -0.157. The molecule has 22 heavy (non-hydrogen) atoms. The predicted molar refractivity (Wildman–Crippen MR) is 89.4 cm³/mol. The first kappa shape index (κ1) is 16.5. The highest BCUT2D eigenvalue weighted by atomic mass is 32.2. The van der Waals surface area contributed by atoms with Gasteiger partial charge in [-0.05, 0) is 12.1 Å². The molecule has 0 radical (unpaired) electrons. The normalized spacial score (nSPS) is 10.3. The minimum Gasteiger partial charge on any atom is -0.289 e. The molecule has 0 unspecified atom stereocenters. The Hall–Kier alpha value is -1.85. The van der Waals surface area contributed by atoms with Crippen LogP contribution < -0.4 is 0 Å². The molecule has 0 aliphatic rings. The van der Waals surface area contributed by atoms with Crippen LogP contribution >= 0.6 is 23.5 Å². The average Bonchev–Trinajstić information content (AvgIpc) is 2.48. The highest BCUT2D eigenvalue weighted by Gasteiger charge is 2.19. The van der Waals surface area contributed by atoms with Gasteiger partial charge in [-0.1, -0.05) is 59.9 Å². The maximum atomic E-state index is 12.7. The predicted octanol–water partition coefficient (Wildman–Crippen LogP) is 4.19. The molecule has 0 heterocycles. The van der Waals surface area contributed by atoms with Crippen LogP contribution in [0.25, 0.3) is 0 Å². The smallest absolute Gasteiger partial charge is 0.194 e. The lowest BCUT2D eigenvalue weighted by Gasteiger charge is -2.11. The third-order valence-corrected chi connectivity index (χ3v) is 4.67. The number of carbonyl (C=O) groups is 3. The van der Waals surface area contributed by atoms with Crippen LogP contribution in [0.15, 0.2) is 58.3 Å². The van der Waals surface area contributed by atoms with E-state index in [2.05, 4.69) is 0 Å². The first-order valence-corrected chi connectivity index (χ1v) is 8.22. The summed E-state index contributed by atoms with van der Waals surface area (Å²) in [5.41, 5.74) is 0.996. The number of rotatable bonds is 4. The van der Waals surface area contributed by atoms with Gasteiger partial charge in [-0.15, -0.1) is 0 Å². The Morgan fingerprint density at radius 2 is 1.41 bits per heavy atom. The summed E-state index contributed by atoms with van der Waals surface area (Å²) in [7, 11) is 0. The Morgan fingerprint density at radius 3 is 2.00 bits per heavy atom. The molecule has 0 N–H and O–H groups in total. The molecule has 0 aliphatic heterocycles. The molecule has 2 aromatic rings. The van der Waals surface area contributed by atoms with Gasteiger partial charge < -0.3 is 0 Å². The summed E-state index contributed by atoms with van der Waals surface area (Å²) in [5, 5.41) is -0.214. The fraction of sp³-hybridized carbons (Fsp3) is 0.118. The highest BCUT2D eigenvalue weighted by Crippen LogP contribution is 2.35. The van der Waals surface area contributed by atoms with E-state index in [0.29, 0.717) is 20.9 Å². The molecule has 0 amide bonds. The molecule has 0 atom stereocenters. The number of benzene rings is 2. The molecule has 0 aliphatic carbocycles. The van der Waals surface area contributed by atoms with Crippen LogP contribution in [0.4, 0.5) is 0 Å². The third kappa shape index (κ3) is 4.08. The van der Waals surface area contributed by atoms with Crippen molar-refractivity contribution >= 4 is 39.5 Å². The molecular formula is C17H14O3S2. The van der Waals surface area contributed by atoms with Crippen LogP contribution in [0.3, 0.4) is 0 Å². The Labute approximate surface area is 137 Å². The minimum atomic E-state index is -0.157. The van der Waals surface area contributed by atoms with E-state index in [1.807, 2.05) is 6.07 Å². The van der Waals surface area contributed by atoms with Gasteiger partial charge in [0.1, 0.15) is 0 Å². The zero-order chi connectivity index (χ0) is 16.1. The lowest BCUT2D eigenvalue weighted by Crippen LogP contribution is -2.05. The van der Waals surface area contributed by atoms with Crippen molar-refractivity contribution in [3.63, 3.8) is 0 Å². The van der Waals surface area contributed by atoms with Crippen LogP contribution in [0.1, 0.15) is 29.8 Å². The van der Waals surface area contributed by atoms with Crippen LogP contribution in [0.5, 0.6) is 0 Å². The third-order valence-electron chi connectivity index (χ3n) is 2.76. The van der Waals surface area contributed by atoms with E-state index >= 15 is 0 Å². The van der Waals surface area contributed by atoms with E-state index in [1.54, 1.807) is 42.5 Å². The molecule has 0 saturated carbocycles. The Kier molecular flexibility index (Phi) is 5.57. The second-order valence-corrected chi connectivity index (χ2v) is 6.92. The second kappa shape index (κ2) is 7.42. The maximum absolute atomic E-state index is 12.7. The molecule has 0 spiro atoms. The molecule has 2 rings (SSSR count). The minimum absolute atomic E-state index is 0.0882. The van der Waals surface area contributed by atoms with Crippen LogP contribution in [0, 0.1) is 0 Å². The molecule has 0 fully saturated rings. The molecular weight excluding hydrogens is 316 g/mol. The van der Waals surface area contributed by atoms with Crippen molar-refractivity contribution < 1.29 is 14.4 Å². The summed E-state index contributed by atoms with van der Waals surface area (Å²) in [6.45, 7) is 2.90. The number of ketones is 1. The van der Waals surface area contributed by atoms with Gasteiger partial charge in [-0.3, -0.25) is 14.4 Å². The molecule has 0 bridgehead atoms. The number of carbonyl (C=O) groups excluding carboxylic acids is 3. The van der Waals surface area contributed by atoms with E-state index in [-0.39, 0.29) is 16.0 Å². The highest BCUT2D eigenvalue weighted by molar-refractivity contribution is 8.16. The van der Waals surface area contributed by atoms with Crippen molar-refractivity contribution in [1.29, 1.82) is 0 Å². The van der Waals surface area contributed by atoms with Crippen LogP contribution in [-0.2, 0) is 9.59 Å². The first-order chi connectivity index (χ1) is 10.5. The van der Waals surface area contributed by atoms with Gasteiger partial charge in [0.2, 0.25) is 0 Å². The quantitative estimate of drug-likeness (QED) is 0.621. The summed E-state index contributed by atoms with van der Waals surface area (Å²) >= 11 is 2.01. The molecule has 5 heteroatoms. The van der Waals surface area contributed by atoms with Crippen molar-refractivity contribution in [1.82, 2.24) is 0 Å². The Morgan fingerprint density at radius 1 is 0.773 bits per heavy atom. The van der Waals surface area contributed by atoms with Gasteiger partial charge in [-0.25, -0.2) is 0 Å². The van der Waals surface area contributed by atoms with Gasteiger partial charge in [0.05, 0.1) is 0 Å². The van der Waals surface area contributed by atoms with E-state index in [1.165, 1.54) is 13.8 Å². The maximum Gasteiger partial charge on any atom is 0.194 e. The first-order valence-electron chi connectivity index (χ1n) is 6.58. The van der Waals surface area contributed by atoms with Gasteiger partial charge >= 0.3 is 0 Å². The monoisotopic (exact) mass is 330 g/mol. The molecule has 2 aromatic carbocycles. The van der Waals surface area contributed by atoms with E-state index in [9.17, 15) is 14.4 Å². The zero-order valence-corrected chi connectivity index (χ0v) is 13.8. The summed E-state index contributed by atoms with van der Waals surface area (Å²) in [6, 6.07) is 14.0. The molecule has 112 valence electrons. The van der Waals surface area contributed by atoms with Gasteiger partial charge in [-0.2, -0.15) is 0 Å². The van der Waals surface area contributed by atoms with Gasteiger partial charge in [0.15, 0.2) is 16.0 Å². The van der Waals surface area contributed by atoms with Gasteiger partial charge in [0.25, 0.3) is 0 Å². The number of thioether (sulfide) groups is 2. The van der Waals surface area contributed by atoms with Gasteiger partial charge in [0, 0.05) is 34.8 Å². The van der Waals surface area contributed by atoms with E-state index in [4.69, 9.17) is 0 Å². The Balaban J connectivity index is 2.52. The van der Waals surface area contributed by atoms with Crippen molar-refractivity contribution in [3.05, 3.63) is 59.7 Å².